The van der Waals surface area contributed by atoms with Crippen LogP contribution in [0.4, 0.5) is 4.39 Å². The molecule has 12 heteroatoms. The minimum absolute atomic E-state index is 0.0380. The predicted octanol–water partition coefficient (Wildman–Crippen LogP) is 4.38. The van der Waals surface area contributed by atoms with Gasteiger partial charge in [0.05, 0.1) is 17.8 Å². The lowest BCUT2D eigenvalue weighted by molar-refractivity contribution is -0.119. The second-order valence-corrected chi connectivity index (χ2v) is 11.9. The number of fused-ring (bicyclic) bond motifs is 1. The molecule has 2 aliphatic carbocycles. The quantitative estimate of drug-likeness (QED) is 0.336. The average molecular weight is 633 g/mol. The first-order valence-corrected chi connectivity index (χ1v) is 15.4. The molecule has 0 spiro atoms. The number of allylic oxidation sites excluding steroid dienone is 3. The third-order valence-electron chi connectivity index (χ3n) is 8.82. The zero-order valence-electron chi connectivity index (χ0n) is 25.3. The molecule has 0 unspecified atom stereocenters. The van der Waals surface area contributed by atoms with Crippen LogP contribution in [0.15, 0.2) is 52.6 Å². The van der Waals surface area contributed by atoms with Crippen LogP contribution in [0, 0.1) is 5.82 Å². The summed E-state index contributed by atoms with van der Waals surface area (Å²) in [4.78, 5) is 41.8. The van der Waals surface area contributed by atoms with Crippen molar-refractivity contribution in [1.29, 1.82) is 0 Å². The molecule has 1 aliphatic heterocycles. The van der Waals surface area contributed by atoms with E-state index in [9.17, 15) is 14.4 Å². The second-order valence-electron chi connectivity index (χ2n) is 11.6. The fourth-order valence-corrected chi connectivity index (χ4v) is 6.80. The van der Waals surface area contributed by atoms with Crippen molar-refractivity contribution in [2.75, 3.05) is 13.7 Å². The van der Waals surface area contributed by atoms with Gasteiger partial charge < -0.3 is 20.7 Å². The molecule has 1 aromatic carbocycles. The number of nitrogens with zero attached hydrogens (tertiary/aromatic N) is 3. The van der Waals surface area contributed by atoms with Crippen molar-refractivity contribution in [3.63, 3.8) is 0 Å². The number of rotatable bonds is 8. The van der Waals surface area contributed by atoms with E-state index in [0.29, 0.717) is 59.8 Å². The summed E-state index contributed by atoms with van der Waals surface area (Å²) in [6.07, 6.45) is 7.33. The van der Waals surface area contributed by atoms with E-state index in [4.69, 9.17) is 21.3 Å². The predicted molar refractivity (Wildman–Crippen MR) is 168 cm³/mol. The molecule has 234 valence electrons. The van der Waals surface area contributed by atoms with Crippen LogP contribution in [-0.2, 0) is 18.3 Å². The Balaban J connectivity index is 1.30. The number of pyridine rings is 1. The monoisotopic (exact) mass is 632 g/mol. The molecule has 2 aromatic heterocycles. The number of aryl methyl sites for hydroxylation is 2. The molecule has 3 heterocycles. The van der Waals surface area contributed by atoms with Crippen LogP contribution in [0.2, 0.25) is 5.02 Å². The Bertz CT molecular complexity index is 1830. The van der Waals surface area contributed by atoms with E-state index in [2.05, 4.69) is 21.0 Å². The van der Waals surface area contributed by atoms with Gasteiger partial charge in [-0.25, -0.2) is 14.1 Å². The molecular weight excluding hydrogens is 599 g/mol. The standard InChI is InChI=1S/C33H34ClFN6O4/c1-17-20(5-4-6-24(17)39-31(43)22-13-14-37-41(2)33(22)44)29-23(35)10-9-21(30(29)34)26-15-18-7-11-25(28(18)32(40-26)45-3)36-16-19-8-12-27(42)38-19/h6,9-10,13-15,19,25,36H,4-5,7-8,11-12,16H2,1-3H3,(H,38,42)(H,39,43)/t19-,25-/m0/s1. The maximum atomic E-state index is 15.6. The average Bonchev–Trinajstić information content (AvgIpc) is 3.64. The summed E-state index contributed by atoms with van der Waals surface area (Å²) < 4.78 is 22.4. The molecule has 3 aromatic rings. The van der Waals surface area contributed by atoms with Gasteiger partial charge in [0.1, 0.15) is 11.4 Å². The summed E-state index contributed by atoms with van der Waals surface area (Å²) in [5, 5.41) is 13.5. The largest absolute Gasteiger partial charge is 0.481 e. The summed E-state index contributed by atoms with van der Waals surface area (Å²) in [5.41, 5.74) is 4.73. The van der Waals surface area contributed by atoms with Crippen LogP contribution < -0.4 is 26.2 Å². The fourth-order valence-electron chi connectivity index (χ4n) is 6.44. The molecule has 0 bridgehead atoms. The summed E-state index contributed by atoms with van der Waals surface area (Å²) in [6.45, 7) is 2.47. The van der Waals surface area contributed by atoms with Gasteiger partial charge in [0, 0.05) is 60.7 Å². The Hall–Kier alpha value is -4.35. The third-order valence-corrected chi connectivity index (χ3v) is 9.21. The van der Waals surface area contributed by atoms with E-state index in [1.54, 1.807) is 20.1 Å². The number of carbonyl (C=O) groups excluding carboxylic acids is 2. The first-order valence-electron chi connectivity index (χ1n) is 15.0. The van der Waals surface area contributed by atoms with Gasteiger partial charge in [-0.1, -0.05) is 17.7 Å². The number of carbonyl (C=O) groups is 2. The number of benzene rings is 1. The van der Waals surface area contributed by atoms with Crippen LogP contribution in [0.5, 0.6) is 5.88 Å². The first-order chi connectivity index (χ1) is 21.7. The molecule has 1 saturated heterocycles. The van der Waals surface area contributed by atoms with E-state index in [0.717, 1.165) is 35.1 Å². The molecule has 2 atom stereocenters. The molecule has 10 nitrogen and oxygen atoms in total. The molecule has 2 amide bonds. The van der Waals surface area contributed by atoms with Gasteiger partial charge in [-0.15, -0.1) is 0 Å². The molecule has 6 rings (SSSR count). The van der Waals surface area contributed by atoms with Crippen molar-refractivity contribution in [1.82, 2.24) is 30.7 Å². The molecule has 3 N–H and O–H groups in total. The van der Waals surface area contributed by atoms with Crippen LogP contribution >= 0.6 is 11.6 Å². The number of methoxy groups -OCH3 is 1. The molecule has 0 saturated carbocycles. The van der Waals surface area contributed by atoms with Crippen LogP contribution in [0.25, 0.3) is 16.8 Å². The number of amides is 2. The van der Waals surface area contributed by atoms with Gasteiger partial charge in [0.25, 0.3) is 11.5 Å². The Kier molecular flexibility index (Phi) is 8.56. The van der Waals surface area contributed by atoms with Gasteiger partial charge in [-0.2, -0.15) is 5.10 Å². The number of aromatic nitrogens is 3. The lowest BCUT2D eigenvalue weighted by Crippen LogP contribution is -2.36. The van der Waals surface area contributed by atoms with Crippen LogP contribution in [0.1, 0.15) is 72.1 Å². The fraction of sp³-hybridized carbons (Fsp3) is 0.364. The number of hydrogen-bond donors (Lipinski definition) is 3. The van der Waals surface area contributed by atoms with Gasteiger partial charge in [0.15, 0.2) is 0 Å². The maximum Gasteiger partial charge on any atom is 0.279 e. The van der Waals surface area contributed by atoms with Crippen molar-refractivity contribution < 1.29 is 18.7 Å². The molecule has 1 fully saturated rings. The minimum Gasteiger partial charge on any atom is -0.481 e. The molecule has 3 aliphatic rings. The molecular formula is C33H34ClFN6O4. The lowest BCUT2D eigenvalue weighted by atomic mass is 9.88. The number of nitrogens with one attached hydrogen (secondary N) is 3. The Labute approximate surface area is 264 Å². The van der Waals surface area contributed by atoms with Gasteiger partial charge in [-0.05, 0) is 80.0 Å². The van der Waals surface area contributed by atoms with Gasteiger partial charge in [-0.3, -0.25) is 14.4 Å². The van der Waals surface area contributed by atoms with Crippen molar-refractivity contribution in [3.05, 3.63) is 91.3 Å². The normalized spacial score (nSPS) is 19.3. The van der Waals surface area contributed by atoms with Crippen molar-refractivity contribution >= 4 is 29.0 Å². The van der Waals surface area contributed by atoms with E-state index in [1.165, 1.54) is 25.4 Å². The number of hydrogen-bond acceptors (Lipinski definition) is 7. The first kappa shape index (κ1) is 30.7. The van der Waals surface area contributed by atoms with Gasteiger partial charge >= 0.3 is 0 Å². The van der Waals surface area contributed by atoms with Crippen molar-refractivity contribution in [3.8, 4) is 17.1 Å². The van der Waals surface area contributed by atoms with Crippen molar-refractivity contribution in [2.45, 2.75) is 57.5 Å². The molecule has 0 radical (unpaired) electrons. The third kappa shape index (κ3) is 5.89. The highest BCUT2D eigenvalue weighted by molar-refractivity contribution is 6.35. The van der Waals surface area contributed by atoms with Crippen LogP contribution in [-0.4, -0.2) is 46.3 Å². The van der Waals surface area contributed by atoms with E-state index in [1.807, 2.05) is 12.1 Å². The second kappa shape index (κ2) is 12.6. The van der Waals surface area contributed by atoms with Crippen molar-refractivity contribution in [2.24, 2.45) is 7.05 Å². The Morgan fingerprint density at radius 3 is 2.78 bits per heavy atom. The Morgan fingerprint density at radius 1 is 1.20 bits per heavy atom. The summed E-state index contributed by atoms with van der Waals surface area (Å²) in [7, 11) is 3.05. The SMILES string of the molecule is COc1nc(-c2ccc(F)c(C3=C(C)C(NC(=O)c4ccnn(C)c4=O)=CCC3)c2Cl)cc2c1[C@@H](NC[C@@H]1CCC(=O)N1)CC2. The zero-order valence-corrected chi connectivity index (χ0v) is 26.1. The summed E-state index contributed by atoms with van der Waals surface area (Å²) >= 11 is 6.98. The number of halogens is 2. The lowest BCUT2D eigenvalue weighted by Gasteiger charge is -2.23. The van der Waals surface area contributed by atoms with Crippen LogP contribution in [0.3, 0.4) is 0 Å². The summed E-state index contributed by atoms with van der Waals surface area (Å²) in [6, 6.07) is 6.51. The Morgan fingerprint density at radius 2 is 2.02 bits per heavy atom. The number of ether oxygens (including phenoxy) is 1. The smallest absolute Gasteiger partial charge is 0.279 e. The highest BCUT2D eigenvalue weighted by Crippen LogP contribution is 2.44. The molecule has 45 heavy (non-hydrogen) atoms. The highest BCUT2D eigenvalue weighted by atomic mass is 35.5. The van der Waals surface area contributed by atoms with E-state index >= 15 is 4.39 Å². The summed E-state index contributed by atoms with van der Waals surface area (Å²) in [5.74, 6) is -0.482. The highest BCUT2D eigenvalue weighted by Gasteiger charge is 2.31. The maximum absolute atomic E-state index is 15.6. The zero-order chi connectivity index (χ0) is 31.8. The van der Waals surface area contributed by atoms with E-state index < -0.39 is 17.3 Å². The van der Waals surface area contributed by atoms with E-state index in [-0.39, 0.29) is 34.1 Å². The topological polar surface area (TPSA) is 127 Å². The minimum atomic E-state index is -0.569. The van der Waals surface area contributed by atoms with Gasteiger partial charge in [0.2, 0.25) is 11.8 Å².